The maximum absolute atomic E-state index is 14.0. The summed E-state index contributed by atoms with van der Waals surface area (Å²) in [6.45, 7) is 5.83. The molecule has 45 heavy (non-hydrogen) atoms. The third kappa shape index (κ3) is 5.83. The minimum atomic E-state index is -4.22. The standard InChI is InChI=1S/C28H32ClFN6O7S2/c1-27(2,3)43-26(38)35-45(39,40)34-18-10-19-28(18)13-42-12-20(28)36(19)11-17-21(25(37)41-4)22(15-6-5-14(30)9-16(15)29)33-23(32-17)24-31-7-8-44-24/h5-9,18-20,22,34H,10-13H2,1-4H3,(H,32,33)(H,35,38)/t18-,19+,20+,22-,28?/m0/s1. The maximum Gasteiger partial charge on any atom is 0.422 e. The molecule has 1 aromatic heterocycles. The topological polar surface area (TPSA) is 161 Å². The van der Waals surface area contributed by atoms with Crippen molar-refractivity contribution in [3.05, 3.63) is 62.5 Å². The monoisotopic (exact) mass is 682 g/mol. The van der Waals surface area contributed by atoms with Crippen molar-refractivity contribution in [2.45, 2.75) is 57.0 Å². The van der Waals surface area contributed by atoms with E-state index >= 15 is 0 Å². The highest BCUT2D eigenvalue weighted by molar-refractivity contribution is 7.88. The first-order chi connectivity index (χ1) is 21.2. The molecule has 17 heteroatoms. The first kappa shape index (κ1) is 31.8. The number of thiazole rings is 1. The summed E-state index contributed by atoms with van der Waals surface area (Å²) in [6.07, 6.45) is 1.00. The van der Waals surface area contributed by atoms with Crippen molar-refractivity contribution in [1.82, 2.24) is 24.6 Å². The number of ether oxygens (including phenoxy) is 3. The van der Waals surface area contributed by atoms with Crippen LogP contribution in [0.3, 0.4) is 0 Å². The molecule has 1 unspecified atom stereocenters. The van der Waals surface area contributed by atoms with E-state index in [1.54, 1.807) is 32.3 Å². The van der Waals surface area contributed by atoms with E-state index in [1.807, 2.05) is 4.72 Å². The van der Waals surface area contributed by atoms with Crippen molar-refractivity contribution in [2.24, 2.45) is 10.4 Å². The number of hydrogen-bond donors (Lipinski definition) is 3. The highest BCUT2D eigenvalue weighted by atomic mass is 35.5. The van der Waals surface area contributed by atoms with E-state index in [9.17, 15) is 22.4 Å². The number of carbonyl (C=O) groups is 2. The summed E-state index contributed by atoms with van der Waals surface area (Å²) in [5, 5.41) is 5.76. The number of rotatable bonds is 8. The molecular weight excluding hydrogens is 651 g/mol. The molecule has 1 aliphatic carbocycles. The molecule has 3 aliphatic heterocycles. The number of hydrogen-bond acceptors (Lipinski definition) is 12. The van der Waals surface area contributed by atoms with Gasteiger partial charge in [-0.3, -0.25) is 9.89 Å². The van der Waals surface area contributed by atoms with Gasteiger partial charge in [0.15, 0.2) is 10.8 Å². The SMILES string of the molecule is COC(=O)C1=C(CN2[C@@H]3COCC34[C@@H](NS(=O)(=O)NC(=O)OC(C)(C)C)C[C@@H]24)NC(c2nccs2)=N[C@H]1c1ccc(F)cc1Cl. The van der Waals surface area contributed by atoms with Gasteiger partial charge in [-0.2, -0.15) is 13.1 Å². The van der Waals surface area contributed by atoms with Gasteiger partial charge in [0.05, 0.1) is 25.9 Å². The minimum Gasteiger partial charge on any atom is -0.466 e. The number of methoxy groups -OCH3 is 1. The van der Waals surface area contributed by atoms with Crippen LogP contribution in [-0.2, 0) is 29.2 Å². The van der Waals surface area contributed by atoms with Crippen LogP contribution in [0.4, 0.5) is 9.18 Å². The normalized spacial score (nSPS) is 27.7. The number of amides is 1. The Balaban J connectivity index is 1.27. The van der Waals surface area contributed by atoms with Crippen molar-refractivity contribution < 1.29 is 36.6 Å². The average Bonchev–Trinajstić information content (AvgIpc) is 3.63. The van der Waals surface area contributed by atoms with Gasteiger partial charge in [-0.25, -0.2) is 23.7 Å². The molecule has 3 N–H and O–H groups in total. The lowest BCUT2D eigenvalue weighted by atomic mass is 9.50. The number of carbonyl (C=O) groups excluding carboxylic acids is 2. The first-order valence-corrected chi connectivity index (χ1v) is 16.8. The van der Waals surface area contributed by atoms with Crippen LogP contribution < -0.4 is 14.8 Å². The van der Waals surface area contributed by atoms with E-state index in [2.05, 4.69) is 19.9 Å². The second-order valence-corrected chi connectivity index (χ2v) is 15.0. The maximum atomic E-state index is 14.0. The van der Waals surface area contributed by atoms with Crippen LogP contribution in [0.15, 0.2) is 46.0 Å². The Morgan fingerprint density at radius 3 is 2.76 bits per heavy atom. The molecular formula is C28H32ClFN6O7S2. The Kier molecular flexibility index (Phi) is 8.19. The summed E-state index contributed by atoms with van der Waals surface area (Å²) < 4.78 is 60.3. The number of nitrogens with zero attached hydrogens (tertiary/aromatic N) is 3. The number of nitrogens with one attached hydrogen (secondary N) is 3. The third-order valence-corrected chi connectivity index (χ3v) is 10.6. The van der Waals surface area contributed by atoms with Crippen LogP contribution >= 0.6 is 22.9 Å². The van der Waals surface area contributed by atoms with Crippen LogP contribution in [0.1, 0.15) is 43.8 Å². The van der Waals surface area contributed by atoms with Gasteiger partial charge in [0.1, 0.15) is 17.5 Å². The number of piperidine rings is 1. The predicted octanol–water partition coefficient (Wildman–Crippen LogP) is 2.65. The predicted molar refractivity (Wildman–Crippen MR) is 162 cm³/mol. The Hall–Kier alpha value is -3.15. The van der Waals surface area contributed by atoms with Gasteiger partial charge in [0.2, 0.25) is 0 Å². The summed E-state index contributed by atoms with van der Waals surface area (Å²) in [7, 11) is -2.95. The van der Waals surface area contributed by atoms with Crippen LogP contribution in [-0.4, -0.2) is 86.8 Å². The summed E-state index contributed by atoms with van der Waals surface area (Å²) in [6, 6.07) is 2.24. The summed E-state index contributed by atoms with van der Waals surface area (Å²) in [4.78, 5) is 36.7. The van der Waals surface area contributed by atoms with Crippen LogP contribution in [0, 0.1) is 11.2 Å². The average molecular weight is 683 g/mol. The molecule has 3 fully saturated rings. The zero-order chi connectivity index (χ0) is 32.3. The lowest BCUT2D eigenvalue weighted by molar-refractivity contribution is -0.192. The van der Waals surface area contributed by atoms with Crippen molar-refractivity contribution in [3.63, 3.8) is 0 Å². The quantitative estimate of drug-likeness (QED) is 0.353. The zero-order valence-corrected chi connectivity index (χ0v) is 27.2. The van der Waals surface area contributed by atoms with Gasteiger partial charge < -0.3 is 19.5 Å². The van der Waals surface area contributed by atoms with Gasteiger partial charge in [-0.15, -0.1) is 11.3 Å². The molecule has 1 saturated carbocycles. The van der Waals surface area contributed by atoms with Crippen molar-refractivity contribution in [2.75, 3.05) is 26.9 Å². The molecule has 6 rings (SSSR count). The molecule has 2 saturated heterocycles. The molecule has 242 valence electrons. The summed E-state index contributed by atoms with van der Waals surface area (Å²) in [5.74, 6) is -0.744. The van der Waals surface area contributed by atoms with E-state index < -0.39 is 51.2 Å². The Bertz CT molecular complexity index is 1700. The third-order valence-electron chi connectivity index (χ3n) is 8.45. The van der Waals surface area contributed by atoms with Crippen molar-refractivity contribution >= 4 is 51.0 Å². The van der Waals surface area contributed by atoms with Crippen LogP contribution in [0.25, 0.3) is 0 Å². The molecule has 0 bridgehead atoms. The number of aromatic nitrogens is 1. The Labute approximate surface area is 268 Å². The second kappa shape index (κ2) is 11.6. The lowest BCUT2D eigenvalue weighted by Crippen LogP contribution is -2.85. The zero-order valence-electron chi connectivity index (χ0n) is 24.8. The molecule has 2 aromatic rings. The van der Waals surface area contributed by atoms with Gasteiger partial charge in [-0.05, 0) is 39.3 Å². The van der Waals surface area contributed by atoms with E-state index in [0.717, 1.165) is 0 Å². The Morgan fingerprint density at radius 2 is 2.09 bits per heavy atom. The van der Waals surface area contributed by atoms with Crippen molar-refractivity contribution in [1.29, 1.82) is 0 Å². The van der Waals surface area contributed by atoms with Crippen LogP contribution in [0.5, 0.6) is 0 Å². The van der Waals surface area contributed by atoms with Gasteiger partial charge in [0, 0.05) is 57.9 Å². The van der Waals surface area contributed by atoms with Crippen molar-refractivity contribution in [3.8, 4) is 0 Å². The molecule has 4 aliphatic rings. The molecule has 0 radical (unpaired) electrons. The highest BCUT2D eigenvalue weighted by Crippen LogP contribution is 2.61. The number of likely N-dealkylation sites (tertiary alicyclic amines) is 1. The number of amidine groups is 1. The van der Waals surface area contributed by atoms with Gasteiger partial charge in [0.25, 0.3) is 0 Å². The number of halogens is 2. The molecule has 4 heterocycles. The fourth-order valence-electron chi connectivity index (χ4n) is 6.62. The van der Waals surface area contributed by atoms with E-state index in [1.165, 1.54) is 36.6 Å². The fraction of sp³-hybridized carbons (Fsp3) is 0.500. The lowest BCUT2D eigenvalue weighted by Gasteiger charge is -2.70. The molecule has 1 amide bonds. The van der Waals surface area contributed by atoms with E-state index in [-0.39, 0.29) is 29.2 Å². The van der Waals surface area contributed by atoms with Gasteiger partial charge >= 0.3 is 22.3 Å². The number of aliphatic imine (C=N–C) groups is 1. The minimum absolute atomic E-state index is 0.0811. The molecule has 5 atom stereocenters. The fourth-order valence-corrected chi connectivity index (χ4v) is 8.49. The van der Waals surface area contributed by atoms with E-state index in [0.29, 0.717) is 41.7 Å². The molecule has 1 spiro atoms. The van der Waals surface area contributed by atoms with E-state index in [4.69, 9.17) is 30.8 Å². The molecule has 13 nitrogen and oxygen atoms in total. The highest BCUT2D eigenvalue weighted by Gasteiger charge is 2.74. The Morgan fingerprint density at radius 1 is 1.31 bits per heavy atom. The largest absolute Gasteiger partial charge is 0.466 e. The summed E-state index contributed by atoms with van der Waals surface area (Å²) in [5.41, 5.74) is -0.252. The molecule has 1 aromatic carbocycles. The summed E-state index contributed by atoms with van der Waals surface area (Å²) >= 11 is 7.82. The van der Waals surface area contributed by atoms with Crippen LogP contribution in [0.2, 0.25) is 5.02 Å². The first-order valence-electron chi connectivity index (χ1n) is 14.1. The number of esters is 1. The van der Waals surface area contributed by atoms with Gasteiger partial charge in [-0.1, -0.05) is 17.7 Å². The smallest absolute Gasteiger partial charge is 0.422 e. The number of benzene rings is 1. The second-order valence-electron chi connectivity index (χ2n) is 12.2.